The summed E-state index contributed by atoms with van der Waals surface area (Å²) < 4.78 is 32.4. The third-order valence-corrected chi connectivity index (χ3v) is 9.42. The SMILES string of the molecule is NC(=O)Cc1ccc(Sc2c[nH]c3cccc(OCC(=O)NS(=O)(=O)c4cc(Cl)c(Cl)s4)c23)cc1. The zero-order chi connectivity index (χ0) is 25.2. The lowest BCUT2D eigenvalue weighted by atomic mass is 10.1. The number of carbonyl (C=O) groups excluding carboxylic acids is 2. The van der Waals surface area contributed by atoms with Crippen molar-refractivity contribution in [3.63, 3.8) is 0 Å². The molecule has 2 amide bonds. The van der Waals surface area contributed by atoms with Crippen molar-refractivity contribution in [2.45, 2.75) is 20.4 Å². The average Bonchev–Trinajstić information content (AvgIpc) is 3.37. The number of hydrogen-bond acceptors (Lipinski definition) is 7. The van der Waals surface area contributed by atoms with Crippen LogP contribution in [-0.4, -0.2) is 31.8 Å². The van der Waals surface area contributed by atoms with Crippen molar-refractivity contribution in [1.82, 2.24) is 9.71 Å². The number of carbonyl (C=O) groups is 2. The molecule has 0 aliphatic heterocycles. The number of rotatable bonds is 9. The Balaban J connectivity index is 1.47. The second-order valence-electron chi connectivity index (χ2n) is 7.23. The summed E-state index contributed by atoms with van der Waals surface area (Å²) in [7, 11) is -4.13. The highest BCUT2D eigenvalue weighted by molar-refractivity contribution is 7.99. The number of fused-ring (bicyclic) bond motifs is 1. The molecule has 8 nitrogen and oxygen atoms in total. The number of ether oxygens (including phenoxy) is 1. The van der Waals surface area contributed by atoms with Gasteiger partial charge in [0.15, 0.2) is 6.61 Å². The van der Waals surface area contributed by atoms with Crippen LogP contribution in [0.5, 0.6) is 5.75 Å². The zero-order valence-electron chi connectivity index (χ0n) is 17.7. The number of nitrogens with two attached hydrogens (primary N) is 1. The second-order valence-corrected chi connectivity index (χ2v) is 12.3. The van der Waals surface area contributed by atoms with Crippen LogP contribution in [0.4, 0.5) is 0 Å². The Bertz CT molecular complexity index is 1500. The number of amides is 2. The Kier molecular flexibility index (Phi) is 7.62. The first kappa shape index (κ1) is 25.4. The largest absolute Gasteiger partial charge is 0.483 e. The number of aromatic amines is 1. The Hall–Kier alpha value is -2.70. The Labute approximate surface area is 218 Å². The predicted molar refractivity (Wildman–Crippen MR) is 137 cm³/mol. The molecule has 35 heavy (non-hydrogen) atoms. The van der Waals surface area contributed by atoms with Crippen LogP contribution in [0.1, 0.15) is 5.56 Å². The molecule has 0 atom stereocenters. The van der Waals surface area contributed by atoms with Crippen molar-refractivity contribution in [3.8, 4) is 5.75 Å². The van der Waals surface area contributed by atoms with Gasteiger partial charge >= 0.3 is 0 Å². The lowest BCUT2D eigenvalue weighted by Crippen LogP contribution is -2.34. The molecule has 13 heteroatoms. The van der Waals surface area contributed by atoms with Crippen LogP contribution in [-0.2, 0) is 26.0 Å². The highest BCUT2D eigenvalue weighted by atomic mass is 35.5. The first-order valence-corrected chi connectivity index (χ1v) is 13.8. The fraction of sp³-hybridized carbons (Fsp3) is 0.0909. The van der Waals surface area contributed by atoms with E-state index >= 15 is 0 Å². The fourth-order valence-electron chi connectivity index (χ4n) is 3.16. The van der Waals surface area contributed by atoms with Crippen molar-refractivity contribution in [2.24, 2.45) is 5.73 Å². The number of sulfonamides is 1. The summed E-state index contributed by atoms with van der Waals surface area (Å²) in [5.74, 6) is -0.840. The maximum Gasteiger partial charge on any atom is 0.273 e. The molecule has 4 rings (SSSR count). The first-order valence-electron chi connectivity index (χ1n) is 9.91. The summed E-state index contributed by atoms with van der Waals surface area (Å²) in [4.78, 5) is 28.4. The van der Waals surface area contributed by atoms with Crippen LogP contribution < -0.4 is 15.2 Å². The van der Waals surface area contributed by atoms with E-state index in [0.717, 1.165) is 37.6 Å². The van der Waals surface area contributed by atoms with Crippen LogP contribution in [0.25, 0.3) is 10.9 Å². The van der Waals surface area contributed by atoms with Gasteiger partial charge in [-0.25, -0.2) is 13.1 Å². The zero-order valence-corrected chi connectivity index (χ0v) is 21.7. The molecule has 2 aromatic carbocycles. The summed E-state index contributed by atoms with van der Waals surface area (Å²) in [5.41, 5.74) is 6.84. The van der Waals surface area contributed by atoms with Crippen LogP contribution in [0, 0.1) is 0 Å². The molecule has 2 aromatic heterocycles. The van der Waals surface area contributed by atoms with Gasteiger partial charge < -0.3 is 15.5 Å². The lowest BCUT2D eigenvalue weighted by Gasteiger charge is -2.10. The van der Waals surface area contributed by atoms with Gasteiger partial charge in [0.1, 0.15) is 14.3 Å². The third-order valence-electron chi connectivity index (χ3n) is 4.66. The van der Waals surface area contributed by atoms with Gasteiger partial charge in [-0.05, 0) is 35.9 Å². The van der Waals surface area contributed by atoms with E-state index in [1.807, 2.05) is 41.3 Å². The highest BCUT2D eigenvalue weighted by Gasteiger charge is 2.22. The number of aromatic nitrogens is 1. The summed E-state index contributed by atoms with van der Waals surface area (Å²) in [6, 6.07) is 13.9. The van der Waals surface area contributed by atoms with E-state index in [2.05, 4.69) is 4.98 Å². The average molecular weight is 571 g/mol. The van der Waals surface area contributed by atoms with Gasteiger partial charge in [-0.3, -0.25) is 9.59 Å². The van der Waals surface area contributed by atoms with Crippen molar-refractivity contribution in [1.29, 1.82) is 0 Å². The molecule has 0 bridgehead atoms. The Morgan fingerprint density at radius 3 is 2.54 bits per heavy atom. The van der Waals surface area contributed by atoms with E-state index in [1.54, 1.807) is 12.1 Å². The number of hydrogen-bond donors (Lipinski definition) is 3. The van der Waals surface area contributed by atoms with Crippen molar-refractivity contribution < 1.29 is 22.7 Å². The molecule has 0 aliphatic rings. The third kappa shape index (κ3) is 6.11. The van der Waals surface area contributed by atoms with Crippen molar-refractivity contribution >= 4 is 79.0 Å². The van der Waals surface area contributed by atoms with Crippen LogP contribution in [0.2, 0.25) is 9.36 Å². The van der Waals surface area contributed by atoms with Gasteiger partial charge in [-0.1, -0.05) is 53.2 Å². The fourth-order valence-corrected chi connectivity index (χ4v) is 6.97. The minimum Gasteiger partial charge on any atom is -0.483 e. The Morgan fingerprint density at radius 1 is 1.14 bits per heavy atom. The minimum absolute atomic E-state index is 0.0902. The summed E-state index contributed by atoms with van der Waals surface area (Å²) in [5, 5.41) is 0.832. The smallest absolute Gasteiger partial charge is 0.273 e. The van der Waals surface area contributed by atoms with Gasteiger partial charge in [0, 0.05) is 16.0 Å². The van der Waals surface area contributed by atoms with Crippen molar-refractivity contribution in [2.75, 3.05) is 6.61 Å². The maximum atomic E-state index is 12.4. The predicted octanol–water partition coefficient (Wildman–Crippen LogP) is 4.60. The molecule has 0 aliphatic carbocycles. The second kappa shape index (κ2) is 10.5. The van der Waals surface area contributed by atoms with Gasteiger partial charge in [0.2, 0.25) is 5.91 Å². The molecular formula is C22H17Cl2N3O5S3. The van der Waals surface area contributed by atoms with E-state index in [4.69, 9.17) is 33.7 Å². The highest BCUT2D eigenvalue weighted by Crippen LogP contribution is 2.38. The summed E-state index contributed by atoms with van der Waals surface area (Å²) in [6.45, 7) is -0.526. The number of thiophene rings is 1. The van der Waals surface area contributed by atoms with E-state index in [-0.39, 0.29) is 20.0 Å². The molecule has 0 saturated heterocycles. The van der Waals surface area contributed by atoms with Gasteiger partial charge in [-0.15, -0.1) is 11.3 Å². The van der Waals surface area contributed by atoms with Crippen molar-refractivity contribution in [3.05, 3.63) is 69.7 Å². The summed E-state index contributed by atoms with van der Waals surface area (Å²) >= 11 is 13.8. The first-order chi connectivity index (χ1) is 16.6. The molecule has 4 aromatic rings. The number of primary amides is 1. The molecule has 0 saturated carbocycles. The number of H-pyrrole nitrogens is 1. The topological polar surface area (TPSA) is 131 Å². The molecule has 4 N–H and O–H groups in total. The summed E-state index contributed by atoms with van der Waals surface area (Å²) in [6.07, 6.45) is 1.98. The van der Waals surface area contributed by atoms with Gasteiger partial charge in [0.25, 0.3) is 15.9 Å². The quantitative estimate of drug-likeness (QED) is 0.270. The van der Waals surface area contributed by atoms with E-state index in [0.29, 0.717) is 5.75 Å². The monoisotopic (exact) mass is 569 g/mol. The minimum atomic E-state index is -4.13. The van der Waals surface area contributed by atoms with E-state index in [9.17, 15) is 18.0 Å². The molecule has 0 fully saturated rings. The van der Waals surface area contributed by atoms with E-state index in [1.165, 1.54) is 17.8 Å². The molecular weight excluding hydrogens is 553 g/mol. The lowest BCUT2D eigenvalue weighted by molar-refractivity contribution is -0.121. The molecule has 0 radical (unpaired) electrons. The number of nitrogens with one attached hydrogen (secondary N) is 2. The number of halogens is 2. The van der Waals surface area contributed by atoms with Crippen LogP contribution >= 0.6 is 46.3 Å². The van der Waals surface area contributed by atoms with E-state index < -0.39 is 28.4 Å². The Morgan fingerprint density at radius 2 is 1.89 bits per heavy atom. The molecule has 2 heterocycles. The number of benzene rings is 2. The standard InChI is InChI=1S/C22H17Cl2N3O5S3/c23-14-9-20(34-22(14)24)35(30,31)27-19(29)11-32-16-3-1-2-15-21(16)17(10-26-15)33-13-6-4-12(5-7-13)8-18(25)28/h1-7,9-10,26H,8,11H2,(H2,25,28)(H,27,29). The molecule has 182 valence electrons. The van der Waals surface area contributed by atoms with Crippen LogP contribution in [0.15, 0.2) is 68.7 Å². The van der Waals surface area contributed by atoms with Gasteiger partial charge in [0.05, 0.1) is 22.3 Å². The molecule has 0 unspecified atom stereocenters. The van der Waals surface area contributed by atoms with Gasteiger partial charge in [-0.2, -0.15) is 0 Å². The van der Waals surface area contributed by atoms with Crippen LogP contribution in [0.3, 0.4) is 0 Å². The normalized spacial score (nSPS) is 11.5. The molecule has 0 spiro atoms. The maximum absolute atomic E-state index is 12.4.